The van der Waals surface area contributed by atoms with Gasteiger partial charge in [0, 0.05) is 11.1 Å². The van der Waals surface area contributed by atoms with Gasteiger partial charge in [0.05, 0.1) is 8.66 Å². The van der Waals surface area contributed by atoms with Crippen LogP contribution in [0.15, 0.2) is 34.1 Å². The Morgan fingerprint density at radius 2 is 2.05 bits per heavy atom. The third-order valence-electron chi connectivity index (χ3n) is 2.91. The molecule has 20 heavy (non-hydrogen) atoms. The van der Waals surface area contributed by atoms with Crippen LogP contribution in [0.2, 0.25) is 5.02 Å². The Bertz CT molecular complexity index is 589. The van der Waals surface area contributed by atoms with Crippen LogP contribution in [-0.4, -0.2) is 11.9 Å². The van der Waals surface area contributed by atoms with E-state index in [9.17, 15) is 4.79 Å². The molecule has 0 spiro atoms. The molecule has 106 valence electrons. The molecule has 2 rings (SSSR count). The van der Waals surface area contributed by atoms with Crippen LogP contribution in [0.25, 0.3) is 0 Å². The summed E-state index contributed by atoms with van der Waals surface area (Å²) in [5.74, 6) is -0.0229. The highest BCUT2D eigenvalue weighted by molar-refractivity contribution is 9.11. The second kappa shape index (κ2) is 6.74. The van der Waals surface area contributed by atoms with Crippen molar-refractivity contribution in [1.82, 2.24) is 5.32 Å². The molecule has 0 saturated carbocycles. The monoisotopic (exact) mass is 371 g/mol. The SMILES string of the molecule is Cc1cc(C(=O)NC(C)Cc2ccc(Cl)cc2)sc1Br. The Balaban J connectivity index is 1.95. The molecule has 0 bridgehead atoms. The van der Waals surface area contributed by atoms with Crippen molar-refractivity contribution in [1.29, 1.82) is 0 Å². The number of halogens is 2. The second-order valence-electron chi connectivity index (χ2n) is 4.77. The fourth-order valence-corrected chi connectivity index (χ4v) is 3.46. The van der Waals surface area contributed by atoms with E-state index in [2.05, 4.69) is 21.2 Å². The molecule has 0 aliphatic rings. The van der Waals surface area contributed by atoms with Gasteiger partial charge in [-0.1, -0.05) is 23.7 Å². The number of hydrogen-bond donors (Lipinski definition) is 1. The first kappa shape index (κ1) is 15.5. The van der Waals surface area contributed by atoms with E-state index in [1.807, 2.05) is 44.2 Å². The molecule has 1 N–H and O–H groups in total. The van der Waals surface area contributed by atoms with Gasteiger partial charge >= 0.3 is 0 Å². The van der Waals surface area contributed by atoms with E-state index in [1.165, 1.54) is 11.3 Å². The van der Waals surface area contributed by atoms with Crippen molar-refractivity contribution in [2.45, 2.75) is 26.3 Å². The predicted octanol–water partition coefficient (Wildman–Crippen LogP) is 4.83. The van der Waals surface area contributed by atoms with Crippen LogP contribution in [-0.2, 0) is 6.42 Å². The third-order valence-corrected chi connectivity index (χ3v) is 5.30. The van der Waals surface area contributed by atoms with Gasteiger partial charge in [-0.05, 0) is 65.5 Å². The zero-order valence-corrected chi connectivity index (χ0v) is 14.4. The molecule has 0 fully saturated rings. The summed E-state index contributed by atoms with van der Waals surface area (Å²) in [6, 6.07) is 9.67. The predicted molar refractivity (Wildman–Crippen MR) is 88.8 cm³/mol. The summed E-state index contributed by atoms with van der Waals surface area (Å²) in [4.78, 5) is 12.9. The highest BCUT2D eigenvalue weighted by atomic mass is 79.9. The number of carbonyl (C=O) groups is 1. The van der Waals surface area contributed by atoms with Crippen molar-refractivity contribution < 1.29 is 4.79 Å². The first-order valence-corrected chi connectivity index (χ1v) is 8.25. The molecular formula is C15H15BrClNOS. The first-order chi connectivity index (χ1) is 9.45. The molecule has 5 heteroatoms. The molecule has 1 aromatic carbocycles. The lowest BCUT2D eigenvalue weighted by molar-refractivity contribution is 0.0944. The number of nitrogens with one attached hydrogen (secondary N) is 1. The Morgan fingerprint density at radius 1 is 1.40 bits per heavy atom. The summed E-state index contributed by atoms with van der Waals surface area (Å²) in [5, 5.41) is 3.74. The van der Waals surface area contributed by atoms with Crippen LogP contribution >= 0.6 is 38.9 Å². The van der Waals surface area contributed by atoms with Crippen molar-refractivity contribution >= 4 is 44.8 Å². The average molecular weight is 373 g/mol. The van der Waals surface area contributed by atoms with Gasteiger partial charge in [-0.3, -0.25) is 4.79 Å². The maximum atomic E-state index is 12.1. The van der Waals surface area contributed by atoms with Crippen molar-refractivity contribution in [3.63, 3.8) is 0 Å². The van der Waals surface area contributed by atoms with Gasteiger partial charge in [-0.25, -0.2) is 0 Å². The van der Waals surface area contributed by atoms with Crippen LogP contribution in [0, 0.1) is 6.92 Å². The van der Waals surface area contributed by atoms with Crippen LogP contribution < -0.4 is 5.32 Å². The largest absolute Gasteiger partial charge is 0.349 e. The summed E-state index contributed by atoms with van der Waals surface area (Å²) in [6.07, 6.45) is 0.786. The van der Waals surface area contributed by atoms with Gasteiger partial charge in [-0.2, -0.15) is 0 Å². The highest BCUT2D eigenvalue weighted by Gasteiger charge is 2.14. The Kier molecular flexibility index (Phi) is 5.24. The zero-order valence-electron chi connectivity index (χ0n) is 11.2. The topological polar surface area (TPSA) is 29.1 Å². The van der Waals surface area contributed by atoms with E-state index < -0.39 is 0 Å². The Labute approximate surface area is 136 Å². The lowest BCUT2D eigenvalue weighted by Crippen LogP contribution is -2.33. The minimum atomic E-state index is -0.0229. The van der Waals surface area contributed by atoms with Crippen molar-refractivity contribution in [3.05, 3.63) is 55.1 Å². The van der Waals surface area contributed by atoms with E-state index in [1.54, 1.807) is 0 Å². The fourth-order valence-electron chi connectivity index (χ4n) is 1.89. The standard InChI is InChI=1S/C15H15BrClNOS/c1-9-7-13(20-14(9)16)15(19)18-10(2)8-11-3-5-12(17)6-4-11/h3-7,10H,8H2,1-2H3,(H,18,19). The normalized spacial score (nSPS) is 12.2. The van der Waals surface area contributed by atoms with E-state index in [4.69, 9.17) is 11.6 Å². The number of carbonyl (C=O) groups excluding carboxylic acids is 1. The molecule has 0 radical (unpaired) electrons. The van der Waals surface area contributed by atoms with E-state index in [-0.39, 0.29) is 11.9 Å². The molecule has 1 atom stereocenters. The van der Waals surface area contributed by atoms with Gasteiger partial charge < -0.3 is 5.32 Å². The fraction of sp³-hybridized carbons (Fsp3) is 0.267. The third kappa shape index (κ3) is 4.08. The highest BCUT2D eigenvalue weighted by Crippen LogP contribution is 2.27. The summed E-state index contributed by atoms with van der Waals surface area (Å²) in [5.41, 5.74) is 2.25. The van der Waals surface area contributed by atoms with Crippen molar-refractivity contribution in [2.24, 2.45) is 0 Å². The maximum Gasteiger partial charge on any atom is 0.261 e. The zero-order chi connectivity index (χ0) is 14.7. The minimum absolute atomic E-state index is 0.0229. The number of benzene rings is 1. The summed E-state index contributed by atoms with van der Waals surface area (Å²) < 4.78 is 1.01. The van der Waals surface area contributed by atoms with Crippen LogP contribution in [0.3, 0.4) is 0 Å². The van der Waals surface area contributed by atoms with Crippen molar-refractivity contribution in [2.75, 3.05) is 0 Å². The molecule has 1 unspecified atom stereocenters. The van der Waals surface area contributed by atoms with Gasteiger partial charge in [0.2, 0.25) is 0 Å². The lowest BCUT2D eigenvalue weighted by atomic mass is 10.1. The summed E-state index contributed by atoms with van der Waals surface area (Å²) in [7, 11) is 0. The second-order valence-corrected chi connectivity index (χ2v) is 7.58. The molecule has 0 saturated heterocycles. The molecule has 1 heterocycles. The van der Waals surface area contributed by atoms with E-state index in [0.29, 0.717) is 0 Å². The molecule has 1 amide bonds. The van der Waals surface area contributed by atoms with Gasteiger partial charge in [-0.15, -0.1) is 11.3 Å². The van der Waals surface area contributed by atoms with E-state index in [0.717, 1.165) is 31.2 Å². The molecule has 0 aliphatic heterocycles. The van der Waals surface area contributed by atoms with Crippen molar-refractivity contribution in [3.8, 4) is 0 Å². The molecule has 2 nitrogen and oxygen atoms in total. The minimum Gasteiger partial charge on any atom is -0.349 e. The average Bonchev–Trinajstić information content (AvgIpc) is 2.72. The molecule has 2 aromatic rings. The molecule has 1 aromatic heterocycles. The van der Waals surface area contributed by atoms with Crippen LogP contribution in [0.1, 0.15) is 27.7 Å². The van der Waals surface area contributed by atoms with Crippen LogP contribution in [0.5, 0.6) is 0 Å². The van der Waals surface area contributed by atoms with Gasteiger partial charge in [0.15, 0.2) is 0 Å². The summed E-state index contributed by atoms with van der Waals surface area (Å²) in [6.45, 7) is 3.98. The van der Waals surface area contributed by atoms with Gasteiger partial charge in [0.1, 0.15) is 0 Å². The van der Waals surface area contributed by atoms with Gasteiger partial charge in [0.25, 0.3) is 5.91 Å². The quantitative estimate of drug-likeness (QED) is 0.818. The molecule has 0 aliphatic carbocycles. The lowest BCUT2D eigenvalue weighted by Gasteiger charge is -2.13. The maximum absolute atomic E-state index is 12.1. The number of aryl methyl sites for hydroxylation is 1. The molecular weight excluding hydrogens is 358 g/mol. The summed E-state index contributed by atoms with van der Waals surface area (Å²) >= 11 is 10.8. The number of thiophene rings is 1. The Hall–Kier alpha value is -0.840. The number of hydrogen-bond acceptors (Lipinski definition) is 2. The van der Waals surface area contributed by atoms with E-state index >= 15 is 0 Å². The number of rotatable bonds is 4. The number of amides is 1. The smallest absolute Gasteiger partial charge is 0.261 e. The Morgan fingerprint density at radius 3 is 2.60 bits per heavy atom. The van der Waals surface area contributed by atoms with Crippen LogP contribution in [0.4, 0.5) is 0 Å². The first-order valence-electron chi connectivity index (χ1n) is 6.27.